The normalized spacial score (nSPS) is 10.4. The molecule has 10 heteroatoms. The van der Waals surface area contributed by atoms with Gasteiger partial charge in [0.05, 0.1) is 16.8 Å². The molecule has 0 unspecified atom stereocenters. The Kier molecular flexibility index (Phi) is 6.85. The lowest BCUT2D eigenvalue weighted by Gasteiger charge is -2.11. The average Bonchev–Trinajstić information content (AvgIpc) is 2.90. The van der Waals surface area contributed by atoms with Crippen molar-refractivity contribution in [1.29, 1.82) is 0 Å². The number of nitrogens with one attached hydrogen (secondary N) is 2. The molecule has 2 aromatic carbocycles. The standard InChI is InChI=1S/C26H19N5O5/c27-31-24(32)19-13-22(30-21-11-12-28-14-20(19)21)17-7-3-15(4-8-17)1-2-16-5-9-18(10-6-16)29-23(25(33)34)26(35)36/h3-14,23,29H,27H2,(H,31,32)(H,33,34)(H,35,36). The molecule has 0 fully saturated rings. The molecule has 6 N–H and O–H groups in total. The number of fused-ring (bicyclic) bond motifs is 1. The molecule has 4 aromatic rings. The molecule has 0 saturated heterocycles. The summed E-state index contributed by atoms with van der Waals surface area (Å²) < 4.78 is 0. The van der Waals surface area contributed by atoms with Crippen molar-refractivity contribution in [3.8, 4) is 23.1 Å². The SMILES string of the molecule is NNC(=O)c1cc(-c2ccc(C#Cc3ccc(NC(C(=O)O)C(=O)O)cc3)cc2)nc2ccncc12. The summed E-state index contributed by atoms with van der Waals surface area (Å²) in [6.07, 6.45) is 3.16. The summed E-state index contributed by atoms with van der Waals surface area (Å²) in [5, 5.41) is 21.0. The van der Waals surface area contributed by atoms with Gasteiger partial charge in [0.1, 0.15) is 0 Å². The highest BCUT2D eigenvalue weighted by atomic mass is 16.4. The van der Waals surface area contributed by atoms with Gasteiger partial charge in [0.25, 0.3) is 5.91 Å². The minimum Gasteiger partial charge on any atom is -0.479 e. The van der Waals surface area contributed by atoms with Crippen LogP contribution in [0.3, 0.4) is 0 Å². The molecular formula is C26H19N5O5. The van der Waals surface area contributed by atoms with Crippen LogP contribution in [-0.2, 0) is 9.59 Å². The quantitative estimate of drug-likeness (QED) is 0.0912. The second-order valence-corrected chi connectivity index (χ2v) is 7.58. The molecule has 1 amide bonds. The number of pyridine rings is 2. The molecule has 2 heterocycles. The van der Waals surface area contributed by atoms with Gasteiger partial charge < -0.3 is 15.5 Å². The number of hydrazine groups is 1. The fourth-order valence-electron chi connectivity index (χ4n) is 3.40. The monoisotopic (exact) mass is 481 g/mol. The largest absolute Gasteiger partial charge is 0.479 e. The second kappa shape index (κ2) is 10.3. The molecule has 10 nitrogen and oxygen atoms in total. The Balaban J connectivity index is 1.53. The molecule has 178 valence electrons. The van der Waals surface area contributed by atoms with Gasteiger partial charge in [0, 0.05) is 40.2 Å². The number of rotatable bonds is 6. The number of nitrogens with two attached hydrogens (primary N) is 1. The highest BCUT2D eigenvalue weighted by molar-refractivity contribution is 6.06. The van der Waals surface area contributed by atoms with E-state index in [2.05, 4.69) is 32.6 Å². The van der Waals surface area contributed by atoms with E-state index in [1.165, 1.54) is 0 Å². The van der Waals surface area contributed by atoms with Crippen LogP contribution in [0.4, 0.5) is 5.69 Å². The minimum absolute atomic E-state index is 0.348. The third-order valence-corrected chi connectivity index (χ3v) is 5.21. The van der Waals surface area contributed by atoms with Gasteiger partial charge >= 0.3 is 11.9 Å². The number of anilines is 1. The van der Waals surface area contributed by atoms with Crippen LogP contribution in [0.1, 0.15) is 21.5 Å². The van der Waals surface area contributed by atoms with Crippen molar-refractivity contribution >= 4 is 34.4 Å². The van der Waals surface area contributed by atoms with E-state index in [0.29, 0.717) is 33.4 Å². The van der Waals surface area contributed by atoms with Crippen LogP contribution in [0.2, 0.25) is 0 Å². The molecular weight excluding hydrogens is 462 g/mol. The second-order valence-electron chi connectivity index (χ2n) is 7.58. The maximum Gasteiger partial charge on any atom is 0.337 e. The van der Waals surface area contributed by atoms with Gasteiger partial charge in [-0.3, -0.25) is 15.2 Å². The van der Waals surface area contributed by atoms with Gasteiger partial charge in [-0.2, -0.15) is 0 Å². The Bertz CT molecular complexity index is 1510. The number of benzene rings is 2. The van der Waals surface area contributed by atoms with Crippen molar-refractivity contribution in [2.75, 3.05) is 5.32 Å². The lowest BCUT2D eigenvalue weighted by molar-refractivity contribution is -0.148. The first kappa shape index (κ1) is 23.9. The first-order valence-electron chi connectivity index (χ1n) is 10.6. The number of carboxylic acids is 2. The summed E-state index contributed by atoms with van der Waals surface area (Å²) in [5.74, 6) is 7.96. The van der Waals surface area contributed by atoms with Crippen LogP contribution in [0.25, 0.3) is 22.2 Å². The molecule has 36 heavy (non-hydrogen) atoms. The highest BCUT2D eigenvalue weighted by Gasteiger charge is 2.25. The molecule has 0 aliphatic heterocycles. The van der Waals surface area contributed by atoms with Crippen molar-refractivity contribution in [2.24, 2.45) is 5.84 Å². The van der Waals surface area contributed by atoms with Crippen LogP contribution in [0.15, 0.2) is 73.1 Å². The predicted octanol–water partition coefficient (Wildman–Crippen LogP) is 2.25. The average molecular weight is 481 g/mol. The van der Waals surface area contributed by atoms with E-state index >= 15 is 0 Å². The van der Waals surface area contributed by atoms with Crippen molar-refractivity contribution in [1.82, 2.24) is 15.4 Å². The molecule has 2 aromatic heterocycles. The summed E-state index contributed by atoms with van der Waals surface area (Å²) in [5.41, 5.74) is 6.25. The number of hydrogen-bond donors (Lipinski definition) is 5. The highest BCUT2D eigenvalue weighted by Crippen LogP contribution is 2.24. The molecule has 0 radical (unpaired) electrons. The zero-order valence-electron chi connectivity index (χ0n) is 18.6. The van der Waals surface area contributed by atoms with E-state index in [9.17, 15) is 14.4 Å². The Morgan fingerprint density at radius 3 is 2.08 bits per heavy atom. The molecule has 0 spiro atoms. The minimum atomic E-state index is -1.74. The first-order valence-corrected chi connectivity index (χ1v) is 10.6. The third kappa shape index (κ3) is 5.27. The molecule has 0 atom stereocenters. The van der Waals surface area contributed by atoms with E-state index in [-0.39, 0.29) is 0 Å². The molecule has 0 aliphatic rings. The smallest absolute Gasteiger partial charge is 0.337 e. The van der Waals surface area contributed by atoms with Gasteiger partial charge in [0.15, 0.2) is 0 Å². The van der Waals surface area contributed by atoms with Gasteiger partial charge in [-0.1, -0.05) is 24.0 Å². The Hall–Kier alpha value is -5.27. The number of aromatic nitrogens is 2. The molecule has 0 bridgehead atoms. The van der Waals surface area contributed by atoms with Gasteiger partial charge in [-0.25, -0.2) is 20.4 Å². The van der Waals surface area contributed by atoms with Crippen molar-refractivity contribution in [3.05, 3.63) is 89.7 Å². The van der Waals surface area contributed by atoms with Gasteiger partial charge in [0.2, 0.25) is 6.04 Å². The van der Waals surface area contributed by atoms with Crippen LogP contribution in [0, 0.1) is 11.8 Å². The Morgan fingerprint density at radius 2 is 1.50 bits per heavy atom. The zero-order valence-corrected chi connectivity index (χ0v) is 18.6. The molecule has 4 rings (SSSR count). The zero-order chi connectivity index (χ0) is 25.7. The van der Waals surface area contributed by atoms with Gasteiger partial charge in [-0.15, -0.1) is 0 Å². The topological polar surface area (TPSA) is 168 Å². The number of hydrogen-bond acceptors (Lipinski definition) is 7. The number of nitrogen functional groups attached to an aromatic ring is 1. The number of aliphatic carboxylic acids is 2. The van der Waals surface area contributed by atoms with Gasteiger partial charge in [-0.05, 0) is 48.5 Å². The van der Waals surface area contributed by atoms with E-state index in [0.717, 1.165) is 11.1 Å². The molecule has 0 saturated carbocycles. The summed E-state index contributed by atoms with van der Waals surface area (Å²) >= 11 is 0. The van der Waals surface area contributed by atoms with Crippen LogP contribution in [-0.4, -0.2) is 44.1 Å². The summed E-state index contributed by atoms with van der Waals surface area (Å²) in [6, 6.07) is 15.4. The predicted molar refractivity (Wildman–Crippen MR) is 132 cm³/mol. The Morgan fingerprint density at radius 1 is 0.889 bits per heavy atom. The third-order valence-electron chi connectivity index (χ3n) is 5.21. The summed E-state index contributed by atoms with van der Waals surface area (Å²) in [7, 11) is 0. The Labute approximate surface area is 204 Å². The fourth-order valence-corrected chi connectivity index (χ4v) is 3.40. The maximum absolute atomic E-state index is 12.3. The van der Waals surface area contributed by atoms with E-state index in [4.69, 9.17) is 16.1 Å². The lowest BCUT2D eigenvalue weighted by atomic mass is 10.0. The van der Waals surface area contributed by atoms with E-state index in [1.807, 2.05) is 24.3 Å². The van der Waals surface area contributed by atoms with Crippen molar-refractivity contribution in [3.63, 3.8) is 0 Å². The number of carbonyl (C=O) groups excluding carboxylic acids is 1. The molecule has 0 aliphatic carbocycles. The number of carbonyl (C=O) groups is 3. The first-order chi connectivity index (χ1) is 17.4. The number of carboxylic acid groups (broad SMARTS) is 2. The summed E-state index contributed by atoms with van der Waals surface area (Å²) in [4.78, 5) is 42.9. The van der Waals surface area contributed by atoms with Crippen molar-refractivity contribution in [2.45, 2.75) is 6.04 Å². The maximum atomic E-state index is 12.3. The lowest BCUT2D eigenvalue weighted by Crippen LogP contribution is -2.37. The van der Waals surface area contributed by atoms with E-state index in [1.54, 1.807) is 48.8 Å². The van der Waals surface area contributed by atoms with Crippen molar-refractivity contribution < 1.29 is 24.6 Å². The number of amides is 1. The van der Waals surface area contributed by atoms with E-state index < -0.39 is 23.9 Å². The number of nitrogens with zero attached hydrogens (tertiary/aromatic N) is 2. The van der Waals surface area contributed by atoms with Crippen LogP contribution >= 0.6 is 0 Å². The van der Waals surface area contributed by atoms with Crippen LogP contribution < -0.4 is 16.6 Å². The fraction of sp³-hybridized carbons (Fsp3) is 0.0385. The summed E-state index contributed by atoms with van der Waals surface area (Å²) in [6.45, 7) is 0. The van der Waals surface area contributed by atoms with Crippen LogP contribution in [0.5, 0.6) is 0 Å².